The molecule has 6 nitrogen and oxygen atoms in total. The summed E-state index contributed by atoms with van der Waals surface area (Å²) in [5.41, 5.74) is 1.85. The second kappa shape index (κ2) is 9.28. The molecule has 1 aromatic heterocycles. The van der Waals surface area contributed by atoms with E-state index in [9.17, 15) is 12.8 Å². The van der Waals surface area contributed by atoms with Gasteiger partial charge in [0.05, 0.1) is 10.9 Å². The lowest BCUT2D eigenvalue weighted by Crippen LogP contribution is -2.37. The highest BCUT2D eigenvalue weighted by Crippen LogP contribution is 2.42. The van der Waals surface area contributed by atoms with E-state index in [2.05, 4.69) is 10.1 Å². The van der Waals surface area contributed by atoms with Gasteiger partial charge in [0, 0.05) is 12.6 Å². The standard InChI is InChI=1S/C23H27FN4O2S/c1-18-5-12-22(13-6-18)31(29,30)28-21(4-2-3-15-27-17-25-16-26-27)11-14-23(28)19-7-9-20(24)10-8-19/h5-10,12-13,16-17,21,23H,2-4,11,14-15H2,1H3/t21-,23-/m0/s1. The molecular weight excluding hydrogens is 415 g/mol. The van der Waals surface area contributed by atoms with Gasteiger partial charge in [-0.2, -0.15) is 9.40 Å². The van der Waals surface area contributed by atoms with Crippen molar-refractivity contribution in [2.24, 2.45) is 0 Å². The molecule has 0 bridgehead atoms. The van der Waals surface area contributed by atoms with Crippen molar-refractivity contribution in [1.82, 2.24) is 19.1 Å². The Kier molecular flexibility index (Phi) is 6.48. The number of halogens is 1. The molecule has 31 heavy (non-hydrogen) atoms. The van der Waals surface area contributed by atoms with Gasteiger partial charge in [0.2, 0.25) is 10.0 Å². The molecule has 0 aliphatic carbocycles. The number of nitrogens with zero attached hydrogens (tertiary/aromatic N) is 4. The van der Waals surface area contributed by atoms with E-state index in [4.69, 9.17) is 0 Å². The summed E-state index contributed by atoms with van der Waals surface area (Å²) in [6, 6.07) is 12.8. The van der Waals surface area contributed by atoms with Crippen molar-refractivity contribution in [2.45, 2.75) is 62.6 Å². The highest BCUT2D eigenvalue weighted by molar-refractivity contribution is 7.89. The van der Waals surface area contributed by atoms with E-state index < -0.39 is 10.0 Å². The summed E-state index contributed by atoms with van der Waals surface area (Å²) in [5.74, 6) is -0.320. The average Bonchev–Trinajstić information content (AvgIpc) is 3.42. The molecule has 0 amide bonds. The Bertz CT molecular complexity index is 1080. The number of unbranched alkanes of at least 4 members (excludes halogenated alkanes) is 1. The van der Waals surface area contributed by atoms with Crippen LogP contribution in [-0.2, 0) is 16.6 Å². The molecule has 1 aliphatic rings. The first-order valence-electron chi connectivity index (χ1n) is 10.6. The number of benzene rings is 2. The van der Waals surface area contributed by atoms with Gasteiger partial charge < -0.3 is 0 Å². The second-order valence-corrected chi connectivity index (χ2v) is 9.94. The van der Waals surface area contributed by atoms with Crippen LogP contribution in [0.15, 0.2) is 66.1 Å². The molecule has 0 unspecified atom stereocenters. The van der Waals surface area contributed by atoms with E-state index in [0.29, 0.717) is 4.90 Å². The fraction of sp³-hybridized carbons (Fsp3) is 0.391. The van der Waals surface area contributed by atoms with Crippen LogP contribution in [0.4, 0.5) is 4.39 Å². The van der Waals surface area contributed by atoms with E-state index in [1.807, 2.05) is 19.1 Å². The minimum atomic E-state index is -3.68. The first-order chi connectivity index (χ1) is 14.9. The molecule has 0 radical (unpaired) electrons. The third-order valence-corrected chi connectivity index (χ3v) is 7.91. The Labute approximate surface area is 182 Å². The topological polar surface area (TPSA) is 68.1 Å². The van der Waals surface area contributed by atoms with E-state index in [1.54, 1.807) is 39.6 Å². The van der Waals surface area contributed by atoms with Crippen molar-refractivity contribution in [3.63, 3.8) is 0 Å². The summed E-state index contributed by atoms with van der Waals surface area (Å²) in [7, 11) is -3.68. The number of aromatic nitrogens is 3. The third kappa shape index (κ3) is 4.85. The van der Waals surface area contributed by atoms with Gasteiger partial charge in [-0.25, -0.2) is 17.8 Å². The normalized spacial score (nSPS) is 19.7. The van der Waals surface area contributed by atoms with Gasteiger partial charge in [-0.15, -0.1) is 0 Å². The maximum Gasteiger partial charge on any atom is 0.243 e. The van der Waals surface area contributed by atoms with E-state index in [-0.39, 0.29) is 17.9 Å². The first-order valence-corrected chi connectivity index (χ1v) is 12.1. The molecule has 0 saturated carbocycles. The Hall–Kier alpha value is -2.58. The number of sulfonamides is 1. The molecule has 3 aromatic rings. The summed E-state index contributed by atoms with van der Waals surface area (Å²) >= 11 is 0. The average molecular weight is 443 g/mol. The zero-order valence-electron chi connectivity index (χ0n) is 17.6. The summed E-state index contributed by atoms with van der Waals surface area (Å²) in [6.45, 7) is 2.70. The fourth-order valence-corrected chi connectivity index (χ4v) is 6.22. The zero-order chi connectivity index (χ0) is 21.8. The maximum atomic E-state index is 13.7. The second-order valence-electron chi connectivity index (χ2n) is 8.10. The maximum absolute atomic E-state index is 13.7. The fourth-order valence-electron chi connectivity index (χ4n) is 4.33. The Morgan fingerprint density at radius 2 is 1.77 bits per heavy atom. The zero-order valence-corrected chi connectivity index (χ0v) is 18.4. The van der Waals surface area contributed by atoms with E-state index >= 15 is 0 Å². The molecule has 0 N–H and O–H groups in total. The Morgan fingerprint density at radius 3 is 2.45 bits per heavy atom. The smallest absolute Gasteiger partial charge is 0.243 e. The molecular formula is C23H27FN4O2S. The lowest BCUT2D eigenvalue weighted by atomic mass is 10.0. The highest BCUT2D eigenvalue weighted by atomic mass is 32.2. The monoisotopic (exact) mass is 442 g/mol. The number of aryl methyl sites for hydroxylation is 2. The minimum Gasteiger partial charge on any atom is -0.253 e. The Balaban J connectivity index is 1.56. The summed E-state index contributed by atoms with van der Waals surface area (Å²) in [6.07, 6.45) is 7.28. The van der Waals surface area contributed by atoms with Crippen LogP contribution in [0.5, 0.6) is 0 Å². The van der Waals surface area contributed by atoms with Crippen LogP contribution in [0.2, 0.25) is 0 Å². The molecule has 4 rings (SSSR count). The highest BCUT2D eigenvalue weighted by Gasteiger charge is 2.42. The number of hydrogen-bond donors (Lipinski definition) is 0. The molecule has 1 saturated heterocycles. The molecule has 8 heteroatoms. The van der Waals surface area contributed by atoms with Gasteiger partial charge in [-0.3, -0.25) is 4.68 Å². The molecule has 2 atom stereocenters. The molecule has 0 spiro atoms. The predicted molar refractivity (Wildman–Crippen MR) is 116 cm³/mol. The van der Waals surface area contributed by atoms with Crippen LogP contribution < -0.4 is 0 Å². The van der Waals surface area contributed by atoms with Gasteiger partial charge in [0.25, 0.3) is 0 Å². The van der Waals surface area contributed by atoms with Crippen molar-refractivity contribution in [1.29, 1.82) is 0 Å². The van der Waals surface area contributed by atoms with Gasteiger partial charge in [-0.05, 0) is 62.4 Å². The summed E-state index contributed by atoms with van der Waals surface area (Å²) in [4.78, 5) is 4.26. The largest absolute Gasteiger partial charge is 0.253 e. The van der Waals surface area contributed by atoms with Crippen LogP contribution >= 0.6 is 0 Å². The molecule has 2 aromatic carbocycles. The minimum absolute atomic E-state index is 0.0860. The quantitative estimate of drug-likeness (QED) is 0.482. The van der Waals surface area contributed by atoms with Crippen molar-refractivity contribution in [2.75, 3.05) is 0 Å². The molecule has 1 aliphatic heterocycles. The van der Waals surface area contributed by atoms with Crippen molar-refractivity contribution >= 4 is 10.0 Å². The van der Waals surface area contributed by atoms with Crippen LogP contribution in [0.1, 0.15) is 49.3 Å². The predicted octanol–water partition coefficient (Wildman–Crippen LogP) is 4.49. The Morgan fingerprint density at radius 1 is 1.03 bits per heavy atom. The van der Waals surface area contributed by atoms with Gasteiger partial charge >= 0.3 is 0 Å². The first kappa shape index (κ1) is 21.6. The van der Waals surface area contributed by atoms with Crippen molar-refractivity contribution in [3.05, 3.63) is 78.1 Å². The van der Waals surface area contributed by atoms with Crippen LogP contribution in [-0.4, -0.2) is 33.5 Å². The van der Waals surface area contributed by atoms with Crippen molar-refractivity contribution in [3.8, 4) is 0 Å². The molecule has 1 fully saturated rings. The van der Waals surface area contributed by atoms with Gasteiger partial charge in [0.1, 0.15) is 18.5 Å². The van der Waals surface area contributed by atoms with Gasteiger partial charge in [0.15, 0.2) is 0 Å². The SMILES string of the molecule is Cc1ccc(S(=O)(=O)N2[C@@H](CCCCn3cncn3)CC[C@H]2c2ccc(F)cc2)cc1. The number of rotatable bonds is 8. The van der Waals surface area contributed by atoms with Crippen molar-refractivity contribution < 1.29 is 12.8 Å². The molecule has 164 valence electrons. The van der Waals surface area contributed by atoms with Crippen LogP contribution in [0.3, 0.4) is 0 Å². The lowest BCUT2D eigenvalue weighted by molar-refractivity contribution is 0.305. The van der Waals surface area contributed by atoms with Crippen LogP contribution in [0.25, 0.3) is 0 Å². The van der Waals surface area contributed by atoms with E-state index in [0.717, 1.165) is 49.8 Å². The lowest BCUT2D eigenvalue weighted by Gasteiger charge is -2.30. The number of hydrogen-bond acceptors (Lipinski definition) is 4. The van der Waals surface area contributed by atoms with E-state index in [1.165, 1.54) is 18.5 Å². The summed E-state index contributed by atoms with van der Waals surface area (Å²) < 4.78 is 44.2. The van der Waals surface area contributed by atoms with Gasteiger partial charge in [-0.1, -0.05) is 36.2 Å². The summed E-state index contributed by atoms with van der Waals surface area (Å²) in [5, 5.41) is 4.11. The third-order valence-electron chi connectivity index (χ3n) is 5.93. The molecule has 2 heterocycles. The van der Waals surface area contributed by atoms with Crippen LogP contribution in [0, 0.1) is 12.7 Å².